The fraction of sp³-hybridized carbons (Fsp3) is 0.261. The average molecular weight is 409 g/mol. The molecule has 2 heterocycles. The number of amides is 1. The van der Waals surface area contributed by atoms with Crippen molar-refractivity contribution in [3.05, 3.63) is 70.6 Å². The van der Waals surface area contributed by atoms with Crippen molar-refractivity contribution in [2.45, 2.75) is 12.6 Å². The number of nitrogens with zero attached hydrogens (tertiary/aromatic N) is 1. The zero-order valence-corrected chi connectivity index (χ0v) is 17.6. The Labute approximate surface area is 174 Å². The highest BCUT2D eigenvalue weighted by atomic mass is 32.1. The van der Waals surface area contributed by atoms with Gasteiger partial charge in [0.15, 0.2) is 0 Å². The maximum atomic E-state index is 12.9. The van der Waals surface area contributed by atoms with Crippen LogP contribution in [0.1, 0.15) is 26.8 Å². The van der Waals surface area contributed by atoms with E-state index in [1.54, 1.807) is 7.11 Å². The molecule has 6 heteroatoms. The molecule has 0 aliphatic carbocycles. The van der Waals surface area contributed by atoms with Crippen LogP contribution in [-0.4, -0.2) is 38.6 Å². The summed E-state index contributed by atoms with van der Waals surface area (Å²) in [6.07, 6.45) is 0. The van der Waals surface area contributed by atoms with Crippen molar-refractivity contribution in [2.75, 3.05) is 27.7 Å². The van der Waals surface area contributed by atoms with Crippen LogP contribution in [0.5, 0.6) is 11.5 Å². The third-order valence-electron chi connectivity index (χ3n) is 5.12. The fourth-order valence-corrected chi connectivity index (χ4v) is 4.71. The van der Waals surface area contributed by atoms with Crippen LogP contribution in [0.4, 0.5) is 0 Å². The maximum absolute atomic E-state index is 12.9. The number of para-hydroxylation sites is 2. The number of likely N-dealkylation sites (N-methyl/N-ethyl adjacent to an activating group) is 1. The number of ether oxygens (including phenoxy) is 2. The molecule has 3 aromatic rings. The molecule has 1 atom stereocenters. The van der Waals surface area contributed by atoms with Gasteiger partial charge in [-0.1, -0.05) is 30.3 Å². The Morgan fingerprint density at radius 3 is 2.76 bits per heavy atom. The monoisotopic (exact) mass is 408 g/mol. The lowest BCUT2D eigenvalue weighted by Gasteiger charge is -2.26. The SMILES string of the molecule is COc1ccccc1C(CNC(=O)c1cc2c(s1)-c1ccccc1OC2)N(C)C. The van der Waals surface area contributed by atoms with Crippen molar-refractivity contribution in [1.82, 2.24) is 10.2 Å². The van der Waals surface area contributed by atoms with Gasteiger partial charge in [0.05, 0.1) is 18.0 Å². The largest absolute Gasteiger partial charge is 0.496 e. The number of hydrogen-bond donors (Lipinski definition) is 1. The topological polar surface area (TPSA) is 50.8 Å². The van der Waals surface area contributed by atoms with E-state index in [9.17, 15) is 4.79 Å². The molecule has 1 unspecified atom stereocenters. The Morgan fingerprint density at radius 2 is 1.97 bits per heavy atom. The van der Waals surface area contributed by atoms with Gasteiger partial charge in [0.2, 0.25) is 0 Å². The summed E-state index contributed by atoms with van der Waals surface area (Å²) in [6, 6.07) is 17.8. The Morgan fingerprint density at radius 1 is 1.21 bits per heavy atom. The molecule has 0 saturated heterocycles. The van der Waals surface area contributed by atoms with E-state index in [-0.39, 0.29) is 11.9 Å². The number of fused-ring (bicyclic) bond motifs is 3. The molecule has 0 bridgehead atoms. The van der Waals surface area contributed by atoms with Crippen LogP contribution >= 0.6 is 11.3 Å². The standard InChI is InChI=1S/C23H24N2O3S/c1-25(2)18(16-8-4-6-10-19(16)27-3)13-24-23(26)21-12-15-14-28-20-11-7-5-9-17(20)22(15)29-21/h4-12,18H,13-14H2,1-3H3,(H,24,26). The summed E-state index contributed by atoms with van der Waals surface area (Å²) < 4.78 is 11.3. The van der Waals surface area contributed by atoms with Gasteiger partial charge in [-0.25, -0.2) is 0 Å². The summed E-state index contributed by atoms with van der Waals surface area (Å²) in [6.45, 7) is 0.986. The van der Waals surface area contributed by atoms with Crippen molar-refractivity contribution in [1.29, 1.82) is 0 Å². The van der Waals surface area contributed by atoms with E-state index < -0.39 is 0 Å². The van der Waals surface area contributed by atoms with Gasteiger partial charge in [0.25, 0.3) is 5.91 Å². The highest BCUT2D eigenvalue weighted by Gasteiger charge is 2.24. The molecule has 1 amide bonds. The quantitative estimate of drug-likeness (QED) is 0.659. The number of thiophene rings is 1. The van der Waals surface area contributed by atoms with E-state index in [4.69, 9.17) is 9.47 Å². The second kappa shape index (κ2) is 8.27. The molecule has 2 aromatic carbocycles. The van der Waals surface area contributed by atoms with Crippen molar-refractivity contribution in [3.8, 4) is 21.9 Å². The minimum atomic E-state index is -0.0661. The Kier molecular flexibility index (Phi) is 5.56. The Hall–Kier alpha value is -2.83. The molecule has 150 valence electrons. The van der Waals surface area contributed by atoms with E-state index >= 15 is 0 Å². The Balaban J connectivity index is 1.52. The number of nitrogens with one attached hydrogen (secondary N) is 1. The molecule has 0 radical (unpaired) electrons. The molecule has 0 saturated carbocycles. The van der Waals surface area contributed by atoms with Crippen LogP contribution in [0, 0.1) is 0 Å². The van der Waals surface area contributed by atoms with Crippen LogP contribution in [0.25, 0.3) is 10.4 Å². The Bertz CT molecular complexity index is 1030. The smallest absolute Gasteiger partial charge is 0.261 e. The molecular weight excluding hydrogens is 384 g/mol. The minimum absolute atomic E-state index is 0.00810. The second-order valence-corrected chi connectivity index (χ2v) is 8.23. The molecule has 4 rings (SSSR count). The fourth-order valence-electron chi connectivity index (χ4n) is 3.60. The normalized spacial score (nSPS) is 13.2. The van der Waals surface area contributed by atoms with Gasteiger partial charge in [-0.05, 0) is 38.4 Å². The lowest BCUT2D eigenvalue weighted by atomic mass is 10.0. The third kappa shape index (κ3) is 3.86. The van der Waals surface area contributed by atoms with Gasteiger partial charge in [-0.2, -0.15) is 0 Å². The van der Waals surface area contributed by atoms with Crippen molar-refractivity contribution < 1.29 is 14.3 Å². The van der Waals surface area contributed by atoms with Gasteiger partial charge >= 0.3 is 0 Å². The molecule has 5 nitrogen and oxygen atoms in total. The molecule has 1 N–H and O–H groups in total. The van der Waals surface area contributed by atoms with Crippen LogP contribution < -0.4 is 14.8 Å². The molecule has 1 aliphatic rings. The van der Waals surface area contributed by atoms with E-state index in [2.05, 4.69) is 10.2 Å². The molecule has 1 aromatic heterocycles. The summed E-state index contributed by atoms with van der Waals surface area (Å²) in [5, 5.41) is 3.10. The number of hydrogen-bond acceptors (Lipinski definition) is 5. The maximum Gasteiger partial charge on any atom is 0.261 e. The average Bonchev–Trinajstić information content (AvgIpc) is 3.19. The highest BCUT2D eigenvalue weighted by molar-refractivity contribution is 7.17. The number of benzene rings is 2. The second-order valence-electron chi connectivity index (χ2n) is 7.18. The van der Waals surface area contributed by atoms with Crippen LogP contribution in [0.2, 0.25) is 0 Å². The lowest BCUT2D eigenvalue weighted by Crippen LogP contribution is -2.34. The predicted octanol–water partition coefficient (Wildman–Crippen LogP) is 4.35. The van der Waals surface area contributed by atoms with Gasteiger partial charge in [0.1, 0.15) is 18.1 Å². The molecular formula is C23H24N2O3S. The van der Waals surface area contributed by atoms with Gasteiger partial charge < -0.3 is 19.7 Å². The molecule has 0 spiro atoms. The van der Waals surface area contributed by atoms with Crippen molar-refractivity contribution in [2.24, 2.45) is 0 Å². The minimum Gasteiger partial charge on any atom is -0.496 e. The van der Waals surface area contributed by atoms with E-state index in [0.29, 0.717) is 18.0 Å². The first-order valence-corrected chi connectivity index (χ1v) is 10.3. The summed E-state index contributed by atoms with van der Waals surface area (Å²) >= 11 is 1.52. The summed E-state index contributed by atoms with van der Waals surface area (Å²) in [5.74, 6) is 1.63. The first-order chi connectivity index (χ1) is 14.1. The molecule has 1 aliphatic heterocycles. The number of carbonyl (C=O) groups excluding carboxylic acids is 1. The lowest BCUT2D eigenvalue weighted by molar-refractivity contribution is 0.0945. The van der Waals surface area contributed by atoms with Gasteiger partial charge in [-0.3, -0.25) is 4.79 Å². The first kappa shape index (κ1) is 19.5. The first-order valence-electron chi connectivity index (χ1n) is 9.51. The molecule has 0 fully saturated rings. The van der Waals surface area contributed by atoms with E-state index in [0.717, 1.165) is 33.1 Å². The zero-order valence-electron chi connectivity index (χ0n) is 16.8. The molecule has 29 heavy (non-hydrogen) atoms. The van der Waals surface area contributed by atoms with Crippen molar-refractivity contribution >= 4 is 17.2 Å². The summed E-state index contributed by atoms with van der Waals surface area (Å²) in [4.78, 5) is 16.8. The van der Waals surface area contributed by atoms with E-state index in [1.807, 2.05) is 68.7 Å². The highest BCUT2D eigenvalue weighted by Crippen LogP contribution is 2.42. The van der Waals surface area contributed by atoms with Crippen LogP contribution in [0.3, 0.4) is 0 Å². The van der Waals surface area contributed by atoms with Crippen LogP contribution in [-0.2, 0) is 6.61 Å². The zero-order chi connectivity index (χ0) is 20.4. The number of methoxy groups -OCH3 is 1. The third-order valence-corrected chi connectivity index (χ3v) is 6.33. The number of rotatable bonds is 6. The van der Waals surface area contributed by atoms with Crippen molar-refractivity contribution in [3.63, 3.8) is 0 Å². The van der Waals surface area contributed by atoms with Crippen LogP contribution in [0.15, 0.2) is 54.6 Å². The summed E-state index contributed by atoms with van der Waals surface area (Å²) in [5.41, 5.74) is 3.17. The van der Waals surface area contributed by atoms with Gasteiger partial charge in [-0.15, -0.1) is 11.3 Å². The predicted molar refractivity (Wildman–Crippen MR) is 116 cm³/mol. The summed E-state index contributed by atoms with van der Waals surface area (Å²) in [7, 11) is 5.67. The van der Waals surface area contributed by atoms with Gasteiger partial charge in [0, 0.05) is 28.1 Å². The number of carbonyl (C=O) groups is 1. The van der Waals surface area contributed by atoms with E-state index in [1.165, 1.54) is 11.3 Å².